The minimum atomic E-state index is -0.914. The summed E-state index contributed by atoms with van der Waals surface area (Å²) in [5, 5.41) is 8.66. The number of carboxylic acids is 1. The Bertz CT molecular complexity index is 203. The predicted octanol–water partition coefficient (Wildman–Crippen LogP) is 0.910. The SMILES string of the molecule is CN(CCC1CCCC1)CC(N)C(=O)O. The molecule has 1 aliphatic rings. The van der Waals surface area contributed by atoms with Crippen LogP contribution in [0.4, 0.5) is 0 Å². The summed E-state index contributed by atoms with van der Waals surface area (Å²) in [5.74, 6) is -0.0591. The van der Waals surface area contributed by atoms with Gasteiger partial charge < -0.3 is 15.7 Å². The van der Waals surface area contributed by atoms with Gasteiger partial charge in [0, 0.05) is 6.54 Å². The van der Waals surface area contributed by atoms with Gasteiger partial charge in [0.05, 0.1) is 0 Å². The van der Waals surface area contributed by atoms with Gasteiger partial charge in [0.1, 0.15) is 6.04 Å². The molecule has 0 saturated heterocycles. The van der Waals surface area contributed by atoms with E-state index < -0.39 is 12.0 Å². The number of carbonyl (C=O) groups is 1. The quantitative estimate of drug-likeness (QED) is 0.689. The van der Waals surface area contributed by atoms with Crippen LogP contribution in [-0.2, 0) is 4.79 Å². The molecule has 0 radical (unpaired) electrons. The van der Waals surface area contributed by atoms with Gasteiger partial charge in [-0.25, -0.2) is 0 Å². The average Bonchev–Trinajstić information content (AvgIpc) is 2.66. The van der Waals surface area contributed by atoms with Gasteiger partial charge in [-0.3, -0.25) is 4.79 Å². The van der Waals surface area contributed by atoms with Crippen LogP contribution < -0.4 is 5.73 Å². The minimum Gasteiger partial charge on any atom is -0.480 e. The molecular formula is C11H22N2O2. The summed E-state index contributed by atoms with van der Waals surface area (Å²) in [7, 11) is 1.94. The molecule has 0 aliphatic heterocycles. The highest BCUT2D eigenvalue weighted by atomic mass is 16.4. The largest absolute Gasteiger partial charge is 0.480 e. The van der Waals surface area contributed by atoms with Crippen molar-refractivity contribution < 1.29 is 9.90 Å². The summed E-state index contributed by atoms with van der Waals surface area (Å²) >= 11 is 0. The Morgan fingerprint density at radius 1 is 1.53 bits per heavy atom. The molecule has 88 valence electrons. The van der Waals surface area contributed by atoms with E-state index in [1.54, 1.807) is 0 Å². The van der Waals surface area contributed by atoms with Crippen molar-refractivity contribution in [2.45, 2.75) is 38.1 Å². The van der Waals surface area contributed by atoms with Crippen LogP contribution >= 0.6 is 0 Å². The van der Waals surface area contributed by atoms with E-state index in [0.717, 1.165) is 12.5 Å². The van der Waals surface area contributed by atoms with Gasteiger partial charge >= 0.3 is 5.97 Å². The van der Waals surface area contributed by atoms with E-state index in [4.69, 9.17) is 10.8 Å². The van der Waals surface area contributed by atoms with E-state index in [0.29, 0.717) is 6.54 Å². The number of aliphatic carboxylic acids is 1. The Labute approximate surface area is 91.4 Å². The third kappa shape index (κ3) is 4.62. The lowest BCUT2D eigenvalue weighted by atomic mass is 10.0. The average molecular weight is 214 g/mol. The summed E-state index contributed by atoms with van der Waals surface area (Å²) in [5.41, 5.74) is 5.46. The molecule has 0 spiro atoms. The first kappa shape index (κ1) is 12.5. The molecule has 0 aromatic carbocycles. The summed E-state index contributed by atoms with van der Waals surface area (Å²) in [4.78, 5) is 12.6. The van der Waals surface area contributed by atoms with Crippen molar-refractivity contribution in [1.82, 2.24) is 4.90 Å². The highest BCUT2D eigenvalue weighted by Gasteiger charge is 2.17. The lowest BCUT2D eigenvalue weighted by Crippen LogP contribution is -2.41. The van der Waals surface area contributed by atoms with Gasteiger partial charge in [0.2, 0.25) is 0 Å². The molecule has 1 rings (SSSR count). The maximum Gasteiger partial charge on any atom is 0.321 e. The van der Waals surface area contributed by atoms with Gasteiger partial charge in [0.15, 0.2) is 0 Å². The molecule has 1 aliphatic carbocycles. The zero-order chi connectivity index (χ0) is 11.3. The van der Waals surface area contributed by atoms with Crippen LogP contribution in [0.1, 0.15) is 32.1 Å². The Kier molecular flexibility index (Phi) is 5.05. The maximum absolute atomic E-state index is 10.5. The van der Waals surface area contributed by atoms with Crippen LogP contribution in [0.25, 0.3) is 0 Å². The standard InChI is InChI=1S/C11H22N2O2/c1-13(8-10(12)11(14)15)7-6-9-4-2-3-5-9/h9-10H,2-8,12H2,1H3,(H,14,15). The molecule has 1 saturated carbocycles. The van der Waals surface area contributed by atoms with Gasteiger partial charge in [-0.2, -0.15) is 0 Å². The van der Waals surface area contributed by atoms with Crippen molar-refractivity contribution in [2.75, 3.05) is 20.1 Å². The molecule has 0 amide bonds. The van der Waals surface area contributed by atoms with Crippen LogP contribution in [0.15, 0.2) is 0 Å². The number of hydrogen-bond acceptors (Lipinski definition) is 3. The lowest BCUT2D eigenvalue weighted by molar-refractivity contribution is -0.138. The van der Waals surface area contributed by atoms with E-state index in [-0.39, 0.29) is 0 Å². The molecule has 4 heteroatoms. The number of nitrogens with two attached hydrogens (primary N) is 1. The highest BCUT2D eigenvalue weighted by Crippen LogP contribution is 2.27. The smallest absolute Gasteiger partial charge is 0.321 e. The van der Waals surface area contributed by atoms with Gasteiger partial charge in [0.25, 0.3) is 0 Å². The lowest BCUT2D eigenvalue weighted by Gasteiger charge is -2.20. The second-order valence-corrected chi connectivity index (χ2v) is 4.65. The normalized spacial score (nSPS) is 19.7. The van der Waals surface area contributed by atoms with Crippen LogP contribution in [0, 0.1) is 5.92 Å². The number of carboxylic acid groups (broad SMARTS) is 1. The molecule has 0 bridgehead atoms. The zero-order valence-electron chi connectivity index (χ0n) is 9.48. The number of rotatable bonds is 6. The Hall–Kier alpha value is -0.610. The van der Waals surface area contributed by atoms with Crippen molar-refractivity contribution >= 4 is 5.97 Å². The van der Waals surface area contributed by atoms with E-state index in [1.807, 2.05) is 11.9 Å². The fourth-order valence-corrected chi connectivity index (χ4v) is 2.21. The summed E-state index contributed by atoms with van der Waals surface area (Å²) < 4.78 is 0. The molecule has 15 heavy (non-hydrogen) atoms. The predicted molar refractivity (Wildman–Crippen MR) is 59.7 cm³/mol. The summed E-state index contributed by atoms with van der Waals surface area (Å²) in [6, 6.07) is -0.751. The summed E-state index contributed by atoms with van der Waals surface area (Å²) in [6.45, 7) is 1.41. The summed E-state index contributed by atoms with van der Waals surface area (Å²) in [6.07, 6.45) is 6.60. The second kappa shape index (κ2) is 6.08. The number of nitrogens with zero attached hydrogens (tertiary/aromatic N) is 1. The maximum atomic E-state index is 10.5. The number of likely N-dealkylation sites (N-methyl/N-ethyl adjacent to an activating group) is 1. The molecular weight excluding hydrogens is 192 g/mol. The molecule has 4 nitrogen and oxygen atoms in total. The topological polar surface area (TPSA) is 66.6 Å². The second-order valence-electron chi connectivity index (χ2n) is 4.65. The van der Waals surface area contributed by atoms with Crippen molar-refractivity contribution in [2.24, 2.45) is 11.7 Å². The first-order valence-electron chi connectivity index (χ1n) is 5.76. The third-order valence-electron chi connectivity index (χ3n) is 3.22. The Balaban J connectivity index is 2.12. The van der Waals surface area contributed by atoms with Crippen molar-refractivity contribution in [3.63, 3.8) is 0 Å². The fraction of sp³-hybridized carbons (Fsp3) is 0.909. The molecule has 1 fully saturated rings. The monoisotopic (exact) mass is 214 g/mol. The van der Waals surface area contributed by atoms with E-state index in [9.17, 15) is 4.79 Å². The van der Waals surface area contributed by atoms with Gasteiger partial charge in [-0.05, 0) is 25.9 Å². The van der Waals surface area contributed by atoms with E-state index >= 15 is 0 Å². The fourth-order valence-electron chi connectivity index (χ4n) is 2.21. The van der Waals surface area contributed by atoms with Crippen molar-refractivity contribution in [3.05, 3.63) is 0 Å². The molecule has 1 atom stereocenters. The van der Waals surface area contributed by atoms with Gasteiger partial charge in [-0.15, -0.1) is 0 Å². The molecule has 0 aromatic heterocycles. The van der Waals surface area contributed by atoms with Crippen molar-refractivity contribution in [1.29, 1.82) is 0 Å². The molecule has 0 aromatic rings. The minimum absolute atomic E-state index is 0.446. The first-order chi connectivity index (χ1) is 7.09. The Morgan fingerprint density at radius 3 is 2.67 bits per heavy atom. The van der Waals surface area contributed by atoms with Crippen LogP contribution in [0.3, 0.4) is 0 Å². The molecule has 1 unspecified atom stereocenters. The number of hydrogen-bond donors (Lipinski definition) is 2. The zero-order valence-corrected chi connectivity index (χ0v) is 9.48. The third-order valence-corrected chi connectivity index (χ3v) is 3.22. The van der Waals surface area contributed by atoms with E-state index in [2.05, 4.69) is 0 Å². The van der Waals surface area contributed by atoms with Crippen LogP contribution in [0.2, 0.25) is 0 Å². The molecule has 0 heterocycles. The van der Waals surface area contributed by atoms with Crippen LogP contribution in [-0.4, -0.2) is 42.2 Å². The Morgan fingerprint density at radius 2 is 2.13 bits per heavy atom. The molecule has 3 N–H and O–H groups in total. The first-order valence-corrected chi connectivity index (χ1v) is 5.76. The van der Waals surface area contributed by atoms with Gasteiger partial charge in [-0.1, -0.05) is 25.7 Å². The van der Waals surface area contributed by atoms with E-state index in [1.165, 1.54) is 32.1 Å². The van der Waals surface area contributed by atoms with Crippen molar-refractivity contribution in [3.8, 4) is 0 Å². The van der Waals surface area contributed by atoms with Crippen LogP contribution in [0.5, 0.6) is 0 Å². The highest BCUT2D eigenvalue weighted by molar-refractivity contribution is 5.73.